The lowest BCUT2D eigenvalue weighted by Gasteiger charge is -2.35. The predicted octanol–water partition coefficient (Wildman–Crippen LogP) is 3.37. The maximum absolute atomic E-state index is 12.3. The Morgan fingerprint density at radius 1 is 1.25 bits per heavy atom. The van der Waals surface area contributed by atoms with Crippen LogP contribution in [-0.4, -0.2) is 12.1 Å². The molecule has 1 unspecified atom stereocenters. The Morgan fingerprint density at radius 2 is 1.80 bits per heavy atom. The molecule has 1 fully saturated rings. The van der Waals surface area contributed by atoms with Crippen molar-refractivity contribution in [1.82, 2.24) is 0 Å². The second-order valence-electron chi connectivity index (χ2n) is 6.84. The van der Waals surface area contributed by atoms with Crippen molar-refractivity contribution in [3.05, 3.63) is 35.9 Å². The first-order valence-electron chi connectivity index (χ1n) is 7.37. The summed E-state index contributed by atoms with van der Waals surface area (Å²) in [5.74, 6) is -0.326. The normalized spacial score (nSPS) is 22.0. The summed E-state index contributed by atoms with van der Waals surface area (Å²) >= 11 is 0. The molecule has 1 saturated carbocycles. The molecule has 110 valence electrons. The van der Waals surface area contributed by atoms with E-state index < -0.39 is 5.54 Å². The fraction of sp³-hybridized carbons (Fsp3) is 0.588. The van der Waals surface area contributed by atoms with Gasteiger partial charge in [-0.1, -0.05) is 44.2 Å². The third kappa shape index (κ3) is 3.40. The zero-order valence-electron chi connectivity index (χ0n) is 12.7. The van der Waals surface area contributed by atoms with E-state index in [1.165, 1.54) is 0 Å². The first kappa shape index (κ1) is 15.0. The lowest BCUT2D eigenvalue weighted by molar-refractivity contribution is -0.158. The maximum Gasteiger partial charge on any atom is 0.330 e. The van der Waals surface area contributed by atoms with E-state index in [0.29, 0.717) is 5.41 Å². The Hall–Kier alpha value is -1.35. The molecule has 0 amide bonds. The summed E-state index contributed by atoms with van der Waals surface area (Å²) in [7, 11) is 0. The fourth-order valence-corrected chi connectivity index (χ4v) is 2.67. The van der Waals surface area contributed by atoms with Crippen LogP contribution in [0.15, 0.2) is 30.3 Å². The third-order valence-corrected chi connectivity index (χ3v) is 4.36. The van der Waals surface area contributed by atoms with Gasteiger partial charge in [-0.05, 0) is 43.6 Å². The van der Waals surface area contributed by atoms with Gasteiger partial charge in [0.2, 0.25) is 0 Å². The van der Waals surface area contributed by atoms with Crippen molar-refractivity contribution in [3.8, 4) is 0 Å². The van der Waals surface area contributed by atoms with Gasteiger partial charge in [0.25, 0.3) is 0 Å². The van der Waals surface area contributed by atoms with Crippen LogP contribution in [0, 0.1) is 5.41 Å². The summed E-state index contributed by atoms with van der Waals surface area (Å²) in [4.78, 5) is 12.3. The summed E-state index contributed by atoms with van der Waals surface area (Å²) in [5, 5.41) is 0. The van der Waals surface area contributed by atoms with Crippen LogP contribution >= 0.6 is 0 Å². The summed E-state index contributed by atoms with van der Waals surface area (Å²) < 4.78 is 5.64. The van der Waals surface area contributed by atoms with E-state index in [1.807, 2.05) is 30.3 Å². The minimum atomic E-state index is -1.08. The van der Waals surface area contributed by atoms with Crippen molar-refractivity contribution in [1.29, 1.82) is 0 Å². The van der Waals surface area contributed by atoms with Crippen LogP contribution in [0.25, 0.3) is 0 Å². The Bertz CT molecular complexity index is 455. The molecular weight excluding hydrogens is 250 g/mol. The number of rotatable bonds is 3. The van der Waals surface area contributed by atoms with Gasteiger partial charge in [0.15, 0.2) is 0 Å². The van der Waals surface area contributed by atoms with Crippen molar-refractivity contribution in [2.24, 2.45) is 11.1 Å². The number of carbonyl (C=O) groups excluding carboxylic acids is 1. The van der Waals surface area contributed by atoms with Crippen molar-refractivity contribution in [2.75, 3.05) is 0 Å². The largest absolute Gasteiger partial charge is 0.461 e. The molecule has 20 heavy (non-hydrogen) atoms. The smallest absolute Gasteiger partial charge is 0.330 e. The Balaban J connectivity index is 1.98. The number of benzene rings is 1. The van der Waals surface area contributed by atoms with Gasteiger partial charge in [-0.25, -0.2) is 4.79 Å². The second-order valence-corrected chi connectivity index (χ2v) is 6.84. The first-order valence-corrected chi connectivity index (χ1v) is 7.37. The molecule has 0 radical (unpaired) electrons. The minimum absolute atomic E-state index is 0.0158. The maximum atomic E-state index is 12.3. The first-order chi connectivity index (χ1) is 9.31. The number of carbonyl (C=O) groups is 1. The van der Waals surface area contributed by atoms with Crippen LogP contribution in [0.2, 0.25) is 0 Å². The zero-order valence-corrected chi connectivity index (χ0v) is 12.7. The van der Waals surface area contributed by atoms with Gasteiger partial charge in [-0.3, -0.25) is 0 Å². The van der Waals surface area contributed by atoms with Crippen LogP contribution in [0.3, 0.4) is 0 Å². The third-order valence-electron chi connectivity index (χ3n) is 4.36. The van der Waals surface area contributed by atoms with E-state index in [1.54, 1.807) is 6.92 Å². The number of ether oxygens (including phenoxy) is 1. The molecule has 2 N–H and O–H groups in total. The molecule has 1 aromatic rings. The van der Waals surface area contributed by atoms with Crippen LogP contribution < -0.4 is 5.73 Å². The van der Waals surface area contributed by atoms with Crippen molar-refractivity contribution >= 4 is 5.97 Å². The molecule has 0 bridgehead atoms. The highest BCUT2D eigenvalue weighted by atomic mass is 16.5. The van der Waals surface area contributed by atoms with Gasteiger partial charge in [-0.15, -0.1) is 0 Å². The molecule has 1 aliphatic rings. The summed E-state index contributed by atoms with van der Waals surface area (Å²) in [6, 6.07) is 9.41. The average molecular weight is 275 g/mol. The van der Waals surface area contributed by atoms with E-state index in [9.17, 15) is 4.79 Å². The quantitative estimate of drug-likeness (QED) is 0.860. The standard InChI is InChI=1S/C17H25NO2/c1-16(2)11-9-14(10-12-16)20-15(19)17(3,18)13-7-5-4-6-8-13/h4-8,14H,9-12,18H2,1-3H3. The van der Waals surface area contributed by atoms with Crippen LogP contribution in [0.4, 0.5) is 0 Å². The van der Waals surface area contributed by atoms with Crippen LogP contribution in [0.5, 0.6) is 0 Å². The number of nitrogens with two attached hydrogens (primary N) is 1. The highest BCUT2D eigenvalue weighted by Crippen LogP contribution is 2.36. The molecule has 1 aromatic carbocycles. The van der Waals surface area contributed by atoms with Gasteiger partial charge in [0.05, 0.1) is 0 Å². The molecule has 0 saturated heterocycles. The molecule has 0 heterocycles. The fourth-order valence-electron chi connectivity index (χ4n) is 2.67. The van der Waals surface area contributed by atoms with E-state index in [0.717, 1.165) is 31.2 Å². The predicted molar refractivity (Wildman–Crippen MR) is 80.1 cm³/mol. The highest BCUT2D eigenvalue weighted by molar-refractivity contribution is 5.82. The zero-order chi connectivity index (χ0) is 14.8. The Kier molecular flexibility index (Phi) is 4.19. The van der Waals surface area contributed by atoms with Crippen molar-refractivity contribution < 1.29 is 9.53 Å². The monoisotopic (exact) mass is 275 g/mol. The number of esters is 1. The molecule has 1 atom stereocenters. The Morgan fingerprint density at radius 3 is 2.35 bits per heavy atom. The second kappa shape index (κ2) is 5.57. The van der Waals surface area contributed by atoms with Gasteiger partial charge >= 0.3 is 5.97 Å². The van der Waals surface area contributed by atoms with E-state index in [-0.39, 0.29) is 12.1 Å². The summed E-state index contributed by atoms with van der Waals surface area (Å²) in [6.07, 6.45) is 4.07. The lowest BCUT2D eigenvalue weighted by atomic mass is 9.76. The molecule has 3 heteroatoms. The molecule has 0 aliphatic heterocycles. The van der Waals surface area contributed by atoms with E-state index in [4.69, 9.17) is 10.5 Å². The summed E-state index contributed by atoms with van der Waals surface area (Å²) in [5.41, 5.74) is 6.26. The van der Waals surface area contributed by atoms with Gasteiger partial charge in [0.1, 0.15) is 11.6 Å². The highest BCUT2D eigenvalue weighted by Gasteiger charge is 2.36. The van der Waals surface area contributed by atoms with E-state index in [2.05, 4.69) is 13.8 Å². The van der Waals surface area contributed by atoms with Crippen molar-refractivity contribution in [3.63, 3.8) is 0 Å². The van der Waals surface area contributed by atoms with Crippen molar-refractivity contribution in [2.45, 2.75) is 58.1 Å². The van der Waals surface area contributed by atoms with Crippen LogP contribution in [-0.2, 0) is 15.1 Å². The molecule has 2 rings (SSSR count). The lowest BCUT2D eigenvalue weighted by Crippen LogP contribution is -2.45. The minimum Gasteiger partial charge on any atom is -0.461 e. The number of hydrogen-bond acceptors (Lipinski definition) is 3. The SMILES string of the molecule is CC1(C)CCC(OC(=O)C(C)(N)c2ccccc2)CC1. The Labute approximate surface area is 121 Å². The molecular formula is C17H25NO2. The topological polar surface area (TPSA) is 52.3 Å². The molecule has 1 aliphatic carbocycles. The van der Waals surface area contributed by atoms with Gasteiger partial charge in [-0.2, -0.15) is 0 Å². The summed E-state index contributed by atoms with van der Waals surface area (Å²) in [6.45, 7) is 6.25. The molecule has 0 spiro atoms. The van der Waals surface area contributed by atoms with Gasteiger partial charge in [0, 0.05) is 0 Å². The van der Waals surface area contributed by atoms with Gasteiger partial charge < -0.3 is 10.5 Å². The molecule has 0 aromatic heterocycles. The number of hydrogen-bond donors (Lipinski definition) is 1. The van der Waals surface area contributed by atoms with Crippen LogP contribution in [0.1, 0.15) is 52.0 Å². The average Bonchev–Trinajstić information content (AvgIpc) is 2.42. The van der Waals surface area contributed by atoms with E-state index >= 15 is 0 Å². The molecule has 3 nitrogen and oxygen atoms in total.